The molecule has 1 aromatic carbocycles. The van der Waals surface area contributed by atoms with Crippen LogP contribution in [0.5, 0.6) is 0 Å². The van der Waals surface area contributed by atoms with Gasteiger partial charge in [0.25, 0.3) is 0 Å². The van der Waals surface area contributed by atoms with Gasteiger partial charge in [0.15, 0.2) is 0 Å². The Bertz CT molecular complexity index is 353. The smallest absolute Gasteiger partial charge is 0.123 e. The zero-order valence-corrected chi connectivity index (χ0v) is 8.75. The summed E-state index contributed by atoms with van der Waals surface area (Å²) in [7, 11) is 0. The first-order valence-corrected chi connectivity index (χ1v) is 5.47. The lowest BCUT2D eigenvalue weighted by Gasteiger charge is -2.23. The van der Waals surface area contributed by atoms with Crippen molar-refractivity contribution >= 4 is 5.57 Å². The van der Waals surface area contributed by atoms with Crippen molar-refractivity contribution in [3.8, 4) is 0 Å². The highest BCUT2D eigenvalue weighted by Gasteiger charge is 2.17. The largest absolute Gasteiger partial charge is 0.330 e. The van der Waals surface area contributed by atoms with E-state index in [0.717, 1.165) is 18.4 Å². The average Bonchev–Trinajstić information content (AvgIpc) is 2.30. The molecule has 0 spiro atoms. The number of nitrogens with two attached hydrogens (primary N) is 1. The van der Waals surface area contributed by atoms with E-state index in [2.05, 4.69) is 6.08 Å². The van der Waals surface area contributed by atoms with Gasteiger partial charge in [-0.3, -0.25) is 0 Å². The first-order valence-electron chi connectivity index (χ1n) is 5.47. The molecule has 0 fully saturated rings. The maximum absolute atomic E-state index is 12.8. The number of benzene rings is 1. The van der Waals surface area contributed by atoms with E-state index in [4.69, 9.17) is 5.73 Å². The Hall–Kier alpha value is -1.15. The molecule has 1 aromatic rings. The number of allylic oxidation sites excluding steroid dienone is 1. The number of hydrogen-bond donors (Lipinski definition) is 1. The van der Waals surface area contributed by atoms with Gasteiger partial charge in [-0.1, -0.05) is 18.2 Å². The summed E-state index contributed by atoms with van der Waals surface area (Å²) in [5.41, 5.74) is 8.16. The van der Waals surface area contributed by atoms with Gasteiger partial charge in [0.05, 0.1) is 0 Å². The first-order chi connectivity index (χ1) is 7.31. The van der Waals surface area contributed by atoms with E-state index in [9.17, 15) is 4.39 Å². The van der Waals surface area contributed by atoms with Crippen LogP contribution < -0.4 is 5.73 Å². The minimum Gasteiger partial charge on any atom is -0.330 e. The topological polar surface area (TPSA) is 26.0 Å². The summed E-state index contributed by atoms with van der Waals surface area (Å²) in [4.78, 5) is 0. The van der Waals surface area contributed by atoms with E-state index in [1.807, 2.05) is 12.1 Å². The van der Waals surface area contributed by atoms with Crippen molar-refractivity contribution in [2.45, 2.75) is 19.3 Å². The van der Waals surface area contributed by atoms with Gasteiger partial charge in [0.2, 0.25) is 0 Å². The molecule has 0 aliphatic heterocycles. The number of rotatable bonds is 2. The zero-order chi connectivity index (χ0) is 10.7. The Morgan fingerprint density at radius 1 is 1.27 bits per heavy atom. The van der Waals surface area contributed by atoms with Gasteiger partial charge >= 0.3 is 0 Å². The number of hydrogen-bond acceptors (Lipinski definition) is 1. The third-order valence-electron chi connectivity index (χ3n) is 3.02. The van der Waals surface area contributed by atoms with Gasteiger partial charge in [-0.25, -0.2) is 4.39 Å². The van der Waals surface area contributed by atoms with Crippen LogP contribution in [0.3, 0.4) is 0 Å². The van der Waals surface area contributed by atoms with Gasteiger partial charge in [0.1, 0.15) is 5.82 Å². The third kappa shape index (κ3) is 2.26. The summed E-state index contributed by atoms with van der Waals surface area (Å²) in [6, 6.07) is 6.71. The summed E-state index contributed by atoms with van der Waals surface area (Å²) in [6.45, 7) is 0.684. The fourth-order valence-electron chi connectivity index (χ4n) is 2.18. The highest BCUT2D eigenvalue weighted by atomic mass is 19.1. The SMILES string of the molecule is NC[C@H]1CCCC=C1c1ccc(F)cc1. The maximum atomic E-state index is 12.8. The Morgan fingerprint density at radius 2 is 2.00 bits per heavy atom. The molecule has 0 saturated heterocycles. The van der Waals surface area contributed by atoms with Crippen LogP contribution in [0.1, 0.15) is 24.8 Å². The minimum absolute atomic E-state index is 0.181. The molecule has 1 aliphatic carbocycles. The van der Waals surface area contributed by atoms with Crippen LogP contribution in [-0.4, -0.2) is 6.54 Å². The summed E-state index contributed by atoms with van der Waals surface area (Å²) >= 11 is 0. The third-order valence-corrected chi connectivity index (χ3v) is 3.02. The molecule has 2 N–H and O–H groups in total. The lowest BCUT2D eigenvalue weighted by molar-refractivity contribution is 0.566. The Balaban J connectivity index is 2.28. The fourth-order valence-corrected chi connectivity index (χ4v) is 2.18. The van der Waals surface area contributed by atoms with Gasteiger partial charge in [-0.05, 0) is 55.0 Å². The molecule has 1 nitrogen and oxygen atoms in total. The highest BCUT2D eigenvalue weighted by molar-refractivity contribution is 5.68. The monoisotopic (exact) mass is 205 g/mol. The molecule has 0 saturated carbocycles. The van der Waals surface area contributed by atoms with E-state index in [-0.39, 0.29) is 5.82 Å². The second kappa shape index (κ2) is 4.58. The van der Waals surface area contributed by atoms with Crippen molar-refractivity contribution in [3.05, 3.63) is 41.7 Å². The molecule has 0 bridgehead atoms. The van der Waals surface area contributed by atoms with E-state index in [0.29, 0.717) is 12.5 Å². The Morgan fingerprint density at radius 3 is 2.67 bits per heavy atom. The molecule has 1 aliphatic rings. The van der Waals surface area contributed by atoms with Crippen molar-refractivity contribution in [1.82, 2.24) is 0 Å². The van der Waals surface area contributed by atoms with Crippen LogP contribution in [0.15, 0.2) is 30.3 Å². The van der Waals surface area contributed by atoms with Gasteiger partial charge in [-0.15, -0.1) is 0 Å². The van der Waals surface area contributed by atoms with Crippen LogP contribution in [0.4, 0.5) is 4.39 Å². The second-order valence-electron chi connectivity index (χ2n) is 4.03. The van der Waals surface area contributed by atoms with Crippen molar-refractivity contribution in [2.24, 2.45) is 11.7 Å². The normalized spacial score (nSPS) is 21.2. The molecular weight excluding hydrogens is 189 g/mol. The summed E-state index contributed by atoms with van der Waals surface area (Å²) in [5, 5.41) is 0. The molecular formula is C13H16FN. The highest BCUT2D eigenvalue weighted by Crippen LogP contribution is 2.31. The van der Waals surface area contributed by atoms with Crippen molar-refractivity contribution in [3.63, 3.8) is 0 Å². The quantitative estimate of drug-likeness (QED) is 0.789. The number of halogens is 1. The summed E-state index contributed by atoms with van der Waals surface area (Å²) < 4.78 is 12.8. The van der Waals surface area contributed by atoms with E-state index >= 15 is 0 Å². The first kappa shape index (κ1) is 10.4. The molecule has 0 unspecified atom stereocenters. The molecule has 2 rings (SSSR count). The molecule has 0 heterocycles. The van der Waals surface area contributed by atoms with Gasteiger partial charge in [0, 0.05) is 0 Å². The van der Waals surface area contributed by atoms with Crippen molar-refractivity contribution < 1.29 is 4.39 Å². The van der Waals surface area contributed by atoms with Crippen LogP contribution in [0, 0.1) is 11.7 Å². The lowest BCUT2D eigenvalue weighted by atomic mass is 9.84. The average molecular weight is 205 g/mol. The molecule has 1 atom stereocenters. The predicted molar refractivity (Wildman–Crippen MR) is 60.8 cm³/mol. The van der Waals surface area contributed by atoms with Crippen LogP contribution in [0.2, 0.25) is 0 Å². The standard InChI is InChI=1S/C13H16FN/c14-12-7-5-10(6-8-12)13-4-2-1-3-11(13)9-15/h4-8,11H,1-3,9,15H2/t11-/m1/s1. The van der Waals surface area contributed by atoms with Gasteiger partial charge in [-0.2, -0.15) is 0 Å². The van der Waals surface area contributed by atoms with Gasteiger partial charge < -0.3 is 5.73 Å². The molecule has 0 amide bonds. The molecule has 0 radical (unpaired) electrons. The summed E-state index contributed by atoms with van der Waals surface area (Å²) in [6.07, 6.45) is 5.73. The van der Waals surface area contributed by atoms with Crippen LogP contribution in [-0.2, 0) is 0 Å². The van der Waals surface area contributed by atoms with E-state index in [1.165, 1.54) is 24.1 Å². The minimum atomic E-state index is -0.181. The van der Waals surface area contributed by atoms with E-state index in [1.54, 1.807) is 0 Å². The molecule has 15 heavy (non-hydrogen) atoms. The Labute approximate surface area is 89.8 Å². The van der Waals surface area contributed by atoms with Crippen molar-refractivity contribution in [2.75, 3.05) is 6.54 Å². The fraction of sp³-hybridized carbons (Fsp3) is 0.385. The molecule has 0 aromatic heterocycles. The molecule has 2 heteroatoms. The second-order valence-corrected chi connectivity index (χ2v) is 4.03. The van der Waals surface area contributed by atoms with Crippen LogP contribution in [0.25, 0.3) is 5.57 Å². The zero-order valence-electron chi connectivity index (χ0n) is 8.75. The molecule has 80 valence electrons. The van der Waals surface area contributed by atoms with E-state index < -0.39 is 0 Å². The van der Waals surface area contributed by atoms with Crippen molar-refractivity contribution in [1.29, 1.82) is 0 Å². The van der Waals surface area contributed by atoms with Crippen LogP contribution >= 0.6 is 0 Å². The predicted octanol–water partition coefficient (Wildman–Crippen LogP) is 2.97. The lowest BCUT2D eigenvalue weighted by Crippen LogP contribution is -2.18. The Kier molecular flexibility index (Phi) is 3.17. The maximum Gasteiger partial charge on any atom is 0.123 e. The summed E-state index contributed by atoms with van der Waals surface area (Å²) in [5.74, 6) is 0.267.